The molecule has 1 saturated heterocycles. The first-order valence-corrected chi connectivity index (χ1v) is 8.81. The lowest BCUT2D eigenvalue weighted by Crippen LogP contribution is -2.39. The molecule has 1 aliphatic rings. The monoisotopic (exact) mass is 372 g/mol. The maximum absolute atomic E-state index is 12.6. The van der Waals surface area contributed by atoms with Gasteiger partial charge in [-0.05, 0) is 24.6 Å². The van der Waals surface area contributed by atoms with Crippen LogP contribution in [0.5, 0.6) is 11.5 Å². The van der Waals surface area contributed by atoms with Gasteiger partial charge >= 0.3 is 0 Å². The predicted octanol–water partition coefficient (Wildman–Crippen LogP) is 1.69. The Balaban J connectivity index is 1.57. The molecule has 144 valence electrons. The van der Waals surface area contributed by atoms with Gasteiger partial charge in [0.1, 0.15) is 18.1 Å². The normalized spacial score (nSPS) is 16.3. The van der Waals surface area contributed by atoms with Crippen molar-refractivity contribution in [1.82, 2.24) is 20.0 Å². The number of amides is 2. The van der Waals surface area contributed by atoms with Crippen molar-refractivity contribution in [2.75, 3.05) is 27.2 Å². The number of nitrogens with one attached hydrogen (secondary N) is 1. The van der Waals surface area contributed by atoms with Gasteiger partial charge in [-0.3, -0.25) is 14.7 Å². The van der Waals surface area contributed by atoms with Crippen LogP contribution < -0.4 is 9.47 Å². The van der Waals surface area contributed by atoms with E-state index in [0.717, 1.165) is 6.42 Å². The zero-order valence-electron chi connectivity index (χ0n) is 15.8. The van der Waals surface area contributed by atoms with E-state index in [1.165, 1.54) is 6.92 Å². The molecule has 1 unspecified atom stereocenters. The fourth-order valence-corrected chi connectivity index (χ4v) is 3.06. The molecule has 1 N–H and O–H groups in total. The summed E-state index contributed by atoms with van der Waals surface area (Å²) in [4.78, 5) is 27.5. The van der Waals surface area contributed by atoms with Crippen LogP contribution in [0.2, 0.25) is 0 Å². The maximum Gasteiger partial charge on any atom is 0.274 e. The number of rotatable bonds is 6. The Hall–Kier alpha value is -3.03. The van der Waals surface area contributed by atoms with Gasteiger partial charge in [0.25, 0.3) is 5.91 Å². The molecule has 2 amide bonds. The molecule has 1 atom stereocenters. The highest BCUT2D eigenvalue weighted by Crippen LogP contribution is 2.20. The Bertz CT molecular complexity index is 820. The number of likely N-dealkylation sites (N-methyl/N-ethyl adjacent to an activating group) is 1. The van der Waals surface area contributed by atoms with E-state index in [0.29, 0.717) is 36.0 Å². The molecule has 2 aromatic rings. The third kappa shape index (κ3) is 4.39. The summed E-state index contributed by atoms with van der Waals surface area (Å²) in [6.07, 6.45) is 0.776. The second kappa shape index (κ2) is 8.11. The minimum absolute atomic E-state index is 0.00560. The third-order valence-corrected chi connectivity index (χ3v) is 4.78. The number of methoxy groups -OCH3 is 1. The van der Waals surface area contributed by atoms with Gasteiger partial charge in [-0.2, -0.15) is 5.10 Å². The van der Waals surface area contributed by atoms with Gasteiger partial charge in [-0.15, -0.1) is 0 Å². The summed E-state index contributed by atoms with van der Waals surface area (Å²) in [6, 6.07) is 9.06. The first kappa shape index (κ1) is 18.8. The number of nitrogens with zero attached hydrogens (tertiary/aromatic N) is 3. The van der Waals surface area contributed by atoms with Gasteiger partial charge in [-0.25, -0.2) is 0 Å². The Morgan fingerprint density at radius 2 is 2.11 bits per heavy atom. The van der Waals surface area contributed by atoms with Gasteiger partial charge in [0.15, 0.2) is 5.69 Å². The quantitative estimate of drug-likeness (QED) is 0.834. The van der Waals surface area contributed by atoms with Crippen molar-refractivity contribution in [2.24, 2.45) is 0 Å². The van der Waals surface area contributed by atoms with E-state index < -0.39 is 0 Å². The summed E-state index contributed by atoms with van der Waals surface area (Å²) in [6.45, 7) is 2.94. The van der Waals surface area contributed by atoms with E-state index in [1.54, 1.807) is 36.1 Å². The summed E-state index contributed by atoms with van der Waals surface area (Å²) in [5, 5.41) is 6.95. The Kier molecular flexibility index (Phi) is 5.63. The van der Waals surface area contributed by atoms with Gasteiger partial charge in [-0.1, -0.05) is 6.07 Å². The van der Waals surface area contributed by atoms with Crippen molar-refractivity contribution in [3.63, 3.8) is 0 Å². The molecule has 1 aromatic carbocycles. The molecular weight excluding hydrogens is 348 g/mol. The van der Waals surface area contributed by atoms with Gasteiger partial charge < -0.3 is 19.3 Å². The van der Waals surface area contributed by atoms with Crippen molar-refractivity contribution < 1.29 is 19.1 Å². The largest absolute Gasteiger partial charge is 0.497 e. The molecule has 2 heterocycles. The van der Waals surface area contributed by atoms with E-state index in [9.17, 15) is 9.59 Å². The standard InChI is InChI=1S/C19H24N4O4/c1-13(24)22(2)15-7-8-23(11-15)19(25)18-9-14(20-21-18)12-27-17-6-4-5-16(10-17)26-3/h4-6,9-10,15H,7-8,11-12H2,1-3H3,(H,20,21). The minimum Gasteiger partial charge on any atom is -0.497 e. The lowest BCUT2D eigenvalue weighted by molar-refractivity contribution is -0.129. The lowest BCUT2D eigenvalue weighted by Gasteiger charge is -2.23. The van der Waals surface area contributed by atoms with Crippen molar-refractivity contribution in [3.8, 4) is 11.5 Å². The number of carbonyl (C=O) groups excluding carboxylic acids is 2. The van der Waals surface area contributed by atoms with E-state index in [-0.39, 0.29) is 24.5 Å². The van der Waals surface area contributed by atoms with Gasteiger partial charge in [0, 0.05) is 33.1 Å². The fourth-order valence-electron chi connectivity index (χ4n) is 3.06. The fraction of sp³-hybridized carbons (Fsp3) is 0.421. The Labute approximate surface area is 158 Å². The second-order valence-electron chi connectivity index (χ2n) is 6.57. The summed E-state index contributed by atoms with van der Waals surface area (Å²) < 4.78 is 10.9. The topological polar surface area (TPSA) is 87.8 Å². The van der Waals surface area contributed by atoms with E-state index in [1.807, 2.05) is 18.2 Å². The smallest absolute Gasteiger partial charge is 0.274 e. The summed E-state index contributed by atoms with van der Waals surface area (Å²) in [7, 11) is 3.37. The van der Waals surface area contributed by atoms with Crippen LogP contribution >= 0.6 is 0 Å². The van der Waals surface area contributed by atoms with Crippen LogP contribution in [0.1, 0.15) is 29.5 Å². The number of hydrogen-bond donors (Lipinski definition) is 1. The zero-order valence-corrected chi connectivity index (χ0v) is 15.8. The number of H-pyrrole nitrogens is 1. The Morgan fingerprint density at radius 3 is 2.85 bits per heavy atom. The van der Waals surface area contributed by atoms with Crippen molar-refractivity contribution in [1.29, 1.82) is 0 Å². The number of benzene rings is 1. The molecule has 27 heavy (non-hydrogen) atoms. The van der Waals surface area contributed by atoms with Crippen molar-refractivity contribution >= 4 is 11.8 Å². The molecule has 1 fully saturated rings. The van der Waals surface area contributed by atoms with E-state index in [2.05, 4.69) is 10.2 Å². The molecule has 0 saturated carbocycles. The summed E-state index contributed by atoms with van der Waals surface area (Å²) in [5.41, 5.74) is 1.06. The van der Waals surface area contributed by atoms with Crippen LogP contribution in [0, 0.1) is 0 Å². The van der Waals surface area contributed by atoms with Crippen LogP contribution in [0.3, 0.4) is 0 Å². The number of ether oxygens (including phenoxy) is 2. The molecular formula is C19H24N4O4. The van der Waals surface area contributed by atoms with Crippen LogP contribution in [-0.2, 0) is 11.4 Å². The lowest BCUT2D eigenvalue weighted by atomic mass is 10.2. The SMILES string of the molecule is COc1cccc(OCc2cc(C(=O)N3CCC(N(C)C(C)=O)C3)n[nH]2)c1. The first-order valence-electron chi connectivity index (χ1n) is 8.81. The van der Waals surface area contributed by atoms with Crippen LogP contribution in [0.15, 0.2) is 30.3 Å². The molecule has 1 aliphatic heterocycles. The molecule has 0 bridgehead atoms. The minimum atomic E-state index is -0.140. The van der Waals surface area contributed by atoms with Crippen LogP contribution in [0.25, 0.3) is 0 Å². The van der Waals surface area contributed by atoms with Crippen LogP contribution in [-0.4, -0.2) is 65.1 Å². The molecule has 3 rings (SSSR count). The number of aromatic amines is 1. The highest BCUT2D eigenvalue weighted by molar-refractivity contribution is 5.92. The molecule has 8 heteroatoms. The third-order valence-electron chi connectivity index (χ3n) is 4.78. The molecule has 0 spiro atoms. The number of carbonyl (C=O) groups is 2. The summed E-state index contributed by atoms with van der Waals surface area (Å²) >= 11 is 0. The maximum atomic E-state index is 12.6. The molecule has 1 aromatic heterocycles. The number of likely N-dealkylation sites (tertiary alicyclic amines) is 1. The first-order chi connectivity index (χ1) is 13.0. The van der Waals surface area contributed by atoms with Crippen molar-refractivity contribution in [2.45, 2.75) is 26.0 Å². The van der Waals surface area contributed by atoms with Crippen LogP contribution in [0.4, 0.5) is 0 Å². The zero-order chi connectivity index (χ0) is 19.4. The Morgan fingerprint density at radius 1 is 1.33 bits per heavy atom. The average molecular weight is 372 g/mol. The number of hydrogen-bond acceptors (Lipinski definition) is 5. The molecule has 0 aliphatic carbocycles. The second-order valence-corrected chi connectivity index (χ2v) is 6.57. The van der Waals surface area contributed by atoms with Gasteiger partial charge in [0.05, 0.1) is 18.8 Å². The van der Waals surface area contributed by atoms with Crippen molar-refractivity contribution in [3.05, 3.63) is 41.7 Å². The van der Waals surface area contributed by atoms with Gasteiger partial charge in [0.2, 0.25) is 5.91 Å². The van der Waals surface area contributed by atoms with E-state index >= 15 is 0 Å². The highest BCUT2D eigenvalue weighted by atomic mass is 16.5. The summed E-state index contributed by atoms with van der Waals surface area (Å²) in [5.74, 6) is 1.25. The van der Waals surface area contributed by atoms with E-state index in [4.69, 9.17) is 9.47 Å². The molecule has 8 nitrogen and oxygen atoms in total. The number of aromatic nitrogens is 2. The predicted molar refractivity (Wildman–Crippen MR) is 98.7 cm³/mol. The molecule has 0 radical (unpaired) electrons. The average Bonchev–Trinajstić information content (AvgIpc) is 3.35. The highest BCUT2D eigenvalue weighted by Gasteiger charge is 2.31.